The van der Waals surface area contributed by atoms with Gasteiger partial charge < -0.3 is 25.2 Å². The van der Waals surface area contributed by atoms with Crippen LogP contribution in [-0.4, -0.2) is 64.9 Å². The fourth-order valence-electron chi connectivity index (χ4n) is 6.22. The van der Waals surface area contributed by atoms with Gasteiger partial charge in [-0.15, -0.1) is 0 Å². The highest BCUT2D eigenvalue weighted by Crippen LogP contribution is 2.43. The molecule has 0 heterocycles. The lowest BCUT2D eigenvalue weighted by molar-refractivity contribution is -0.147. The van der Waals surface area contributed by atoms with Gasteiger partial charge in [0.15, 0.2) is 6.04 Å². The standard InChI is InChI=1S/C48H84NO10P/c1-3-5-7-9-11-13-15-17-19-20-21-22-23-24-26-28-30-32-34-36-38-40-47(52)57-41-44(50)42-58-60(55,56)59-43-45(48(53)54)49-46(51)39-37-35-33-31-29-27-25-18-16-14-12-10-8-6-4-2/h5,7,11,13,17,19,21-22,24,26,44-45,50H,3-4,6,8-10,12,14-16,18,20,23,25,27-43H2,1-2H3,(H,49,51)(H,53,54)(H,55,56)/b7-5-,13-11-,19-17-,22-21-,26-24-. The first-order chi connectivity index (χ1) is 29.1. The summed E-state index contributed by atoms with van der Waals surface area (Å²) in [6, 6.07) is -1.55. The van der Waals surface area contributed by atoms with Crippen LogP contribution in [0.4, 0.5) is 0 Å². The molecule has 12 heteroatoms. The van der Waals surface area contributed by atoms with Crippen LogP contribution in [0.15, 0.2) is 60.8 Å². The van der Waals surface area contributed by atoms with Crippen molar-refractivity contribution in [3.8, 4) is 0 Å². The maximum absolute atomic E-state index is 12.3. The fraction of sp³-hybridized carbons (Fsp3) is 0.729. The quantitative estimate of drug-likeness (QED) is 0.0200. The molecule has 0 bridgehead atoms. The molecule has 346 valence electrons. The van der Waals surface area contributed by atoms with Crippen molar-refractivity contribution in [1.29, 1.82) is 0 Å². The van der Waals surface area contributed by atoms with E-state index in [2.05, 4.69) is 79.9 Å². The van der Waals surface area contributed by atoms with E-state index < -0.39 is 57.6 Å². The number of carbonyl (C=O) groups excluding carboxylic acids is 2. The van der Waals surface area contributed by atoms with Crippen LogP contribution in [0.2, 0.25) is 0 Å². The molecule has 0 aliphatic carbocycles. The second-order valence-corrected chi connectivity index (χ2v) is 17.0. The normalized spacial score (nSPS) is 14.2. The summed E-state index contributed by atoms with van der Waals surface area (Å²) >= 11 is 0. The lowest BCUT2D eigenvalue weighted by Crippen LogP contribution is -2.43. The molecule has 11 nitrogen and oxygen atoms in total. The number of aliphatic hydroxyl groups is 1. The summed E-state index contributed by atoms with van der Waals surface area (Å²) in [5.41, 5.74) is 0. The number of hydrogen-bond donors (Lipinski definition) is 4. The maximum Gasteiger partial charge on any atom is 0.472 e. The zero-order valence-electron chi connectivity index (χ0n) is 37.5. The Labute approximate surface area is 364 Å². The van der Waals surface area contributed by atoms with Crippen LogP contribution < -0.4 is 5.32 Å². The molecule has 4 N–H and O–H groups in total. The Bertz CT molecular complexity index is 1250. The van der Waals surface area contributed by atoms with Crippen molar-refractivity contribution in [3.63, 3.8) is 0 Å². The third kappa shape index (κ3) is 41.9. The molecule has 60 heavy (non-hydrogen) atoms. The molecule has 0 fully saturated rings. The van der Waals surface area contributed by atoms with Crippen molar-refractivity contribution in [2.24, 2.45) is 0 Å². The monoisotopic (exact) mass is 866 g/mol. The Morgan fingerprint density at radius 2 is 0.967 bits per heavy atom. The first-order valence-corrected chi connectivity index (χ1v) is 24.8. The number of carbonyl (C=O) groups is 3. The average Bonchev–Trinajstić information content (AvgIpc) is 3.22. The Morgan fingerprint density at radius 3 is 1.45 bits per heavy atom. The van der Waals surface area contributed by atoms with E-state index in [-0.39, 0.29) is 12.8 Å². The molecule has 0 aromatic rings. The van der Waals surface area contributed by atoms with Gasteiger partial charge in [-0.1, -0.05) is 184 Å². The molecule has 0 aromatic carbocycles. The summed E-state index contributed by atoms with van der Waals surface area (Å²) in [4.78, 5) is 46.0. The van der Waals surface area contributed by atoms with Crippen LogP contribution in [0.25, 0.3) is 0 Å². The van der Waals surface area contributed by atoms with Crippen LogP contribution in [0.3, 0.4) is 0 Å². The molecule has 0 radical (unpaired) electrons. The number of phosphoric acid groups is 1. The molecule has 3 atom stereocenters. The first kappa shape index (κ1) is 57.2. The van der Waals surface area contributed by atoms with Gasteiger partial charge >= 0.3 is 19.8 Å². The van der Waals surface area contributed by atoms with Gasteiger partial charge in [0.05, 0.1) is 13.2 Å². The highest BCUT2D eigenvalue weighted by molar-refractivity contribution is 7.47. The predicted octanol–water partition coefficient (Wildman–Crippen LogP) is 12.3. The smallest absolute Gasteiger partial charge is 0.472 e. The zero-order chi connectivity index (χ0) is 44.2. The SMILES string of the molecule is CC/C=C\C/C=C\C/C=C\C/C=C\C/C=C\CCCCCCCC(=O)OCC(O)COP(=O)(O)OCC(NC(=O)CCCCCCCCCCCCCCCCC)C(=O)O. The molecule has 0 aliphatic heterocycles. The summed E-state index contributed by atoms with van der Waals surface area (Å²) in [5, 5.41) is 21.9. The number of esters is 1. The van der Waals surface area contributed by atoms with Crippen molar-refractivity contribution in [2.75, 3.05) is 19.8 Å². The second kappa shape index (κ2) is 42.9. The summed E-state index contributed by atoms with van der Waals surface area (Å²) in [6.45, 7) is 2.47. The van der Waals surface area contributed by atoms with Crippen LogP contribution in [0.5, 0.6) is 0 Å². The van der Waals surface area contributed by atoms with Gasteiger partial charge in [-0.05, 0) is 57.8 Å². The minimum Gasteiger partial charge on any atom is -0.480 e. The van der Waals surface area contributed by atoms with E-state index in [1.54, 1.807) is 0 Å². The van der Waals surface area contributed by atoms with E-state index in [0.29, 0.717) is 12.8 Å². The number of carboxylic acid groups (broad SMARTS) is 1. The van der Waals surface area contributed by atoms with Crippen LogP contribution in [0, 0.1) is 0 Å². The van der Waals surface area contributed by atoms with E-state index in [1.165, 1.54) is 70.6 Å². The van der Waals surface area contributed by atoms with Crippen molar-refractivity contribution in [3.05, 3.63) is 60.8 Å². The number of carboxylic acids is 1. The zero-order valence-corrected chi connectivity index (χ0v) is 38.4. The average molecular weight is 866 g/mol. The molecule has 1 amide bonds. The highest BCUT2D eigenvalue weighted by atomic mass is 31.2. The van der Waals surface area contributed by atoms with Crippen LogP contribution in [0.1, 0.15) is 194 Å². The number of nitrogens with one attached hydrogen (secondary N) is 1. The number of aliphatic hydroxyl groups excluding tert-OH is 1. The number of unbranched alkanes of at least 4 members (excludes halogenated alkanes) is 19. The topological polar surface area (TPSA) is 169 Å². The lowest BCUT2D eigenvalue weighted by atomic mass is 10.0. The van der Waals surface area contributed by atoms with Gasteiger partial charge in [0, 0.05) is 12.8 Å². The Morgan fingerprint density at radius 1 is 0.550 bits per heavy atom. The number of allylic oxidation sites excluding steroid dienone is 10. The largest absolute Gasteiger partial charge is 0.480 e. The Kier molecular flexibility index (Phi) is 40.8. The van der Waals surface area contributed by atoms with Crippen molar-refractivity contribution >= 4 is 25.7 Å². The van der Waals surface area contributed by atoms with Gasteiger partial charge in [-0.2, -0.15) is 0 Å². The number of ether oxygens (including phenoxy) is 1. The minimum atomic E-state index is -4.76. The Balaban J connectivity index is 3.90. The molecule has 0 aromatic heterocycles. The van der Waals surface area contributed by atoms with Gasteiger partial charge in [0.2, 0.25) is 5.91 Å². The van der Waals surface area contributed by atoms with E-state index in [4.69, 9.17) is 13.8 Å². The number of phosphoric ester groups is 1. The lowest BCUT2D eigenvalue weighted by Gasteiger charge is -2.18. The number of amides is 1. The van der Waals surface area contributed by atoms with Crippen molar-refractivity contribution in [1.82, 2.24) is 5.32 Å². The first-order valence-electron chi connectivity index (χ1n) is 23.3. The van der Waals surface area contributed by atoms with Crippen molar-refractivity contribution < 1.29 is 47.8 Å². The third-order valence-electron chi connectivity index (χ3n) is 9.82. The molecule has 0 rings (SSSR count). The second-order valence-electron chi connectivity index (χ2n) is 15.6. The highest BCUT2D eigenvalue weighted by Gasteiger charge is 2.28. The molecule has 3 unspecified atom stereocenters. The molecular weight excluding hydrogens is 781 g/mol. The number of hydrogen-bond acceptors (Lipinski definition) is 8. The summed E-state index contributed by atoms with van der Waals surface area (Å²) < 4.78 is 26.9. The minimum absolute atomic E-state index is 0.145. The molecule has 0 saturated heterocycles. The molecule has 0 spiro atoms. The summed E-state index contributed by atoms with van der Waals surface area (Å²) in [6.07, 6.45) is 49.5. The summed E-state index contributed by atoms with van der Waals surface area (Å²) in [5.74, 6) is -2.39. The molecular formula is C48H84NO10P. The number of aliphatic carboxylic acids is 1. The molecule has 0 aliphatic rings. The van der Waals surface area contributed by atoms with Crippen molar-refractivity contribution in [2.45, 2.75) is 206 Å². The third-order valence-corrected chi connectivity index (χ3v) is 10.8. The Hall–Kier alpha value is -2.82. The summed E-state index contributed by atoms with van der Waals surface area (Å²) in [7, 11) is -4.76. The molecule has 0 saturated carbocycles. The predicted molar refractivity (Wildman–Crippen MR) is 245 cm³/mol. The number of rotatable bonds is 43. The van der Waals surface area contributed by atoms with Crippen LogP contribution >= 0.6 is 7.82 Å². The van der Waals surface area contributed by atoms with E-state index in [1.807, 2.05) is 0 Å². The van der Waals surface area contributed by atoms with Gasteiger partial charge in [-0.25, -0.2) is 9.36 Å². The van der Waals surface area contributed by atoms with Gasteiger partial charge in [0.25, 0.3) is 0 Å². The van der Waals surface area contributed by atoms with Crippen LogP contribution in [-0.2, 0) is 32.7 Å². The van der Waals surface area contributed by atoms with Gasteiger partial charge in [0.1, 0.15) is 12.7 Å². The van der Waals surface area contributed by atoms with Gasteiger partial charge in [-0.3, -0.25) is 18.6 Å². The van der Waals surface area contributed by atoms with E-state index in [9.17, 15) is 34.1 Å². The maximum atomic E-state index is 12.3. The van der Waals surface area contributed by atoms with E-state index in [0.717, 1.165) is 83.5 Å². The fourth-order valence-corrected chi connectivity index (χ4v) is 7.00. The van der Waals surface area contributed by atoms with E-state index >= 15 is 0 Å².